The Morgan fingerprint density at radius 3 is 2.53 bits per heavy atom. The number of ether oxygens (including phenoxy) is 1. The van der Waals surface area contributed by atoms with Crippen LogP contribution in [0.1, 0.15) is 11.3 Å². The lowest BCUT2D eigenvalue weighted by atomic mass is 10.2. The van der Waals surface area contributed by atoms with E-state index < -0.39 is 21.7 Å². The number of hydrogen-bond donors (Lipinski definition) is 2. The summed E-state index contributed by atoms with van der Waals surface area (Å²) in [5.74, 6) is -1.83. The molecular weight excluding hydrogens is 410 g/mol. The van der Waals surface area contributed by atoms with E-state index >= 15 is 0 Å². The molecule has 1 saturated heterocycles. The molecule has 3 heterocycles. The van der Waals surface area contributed by atoms with Gasteiger partial charge in [-0.2, -0.15) is 5.10 Å². The van der Waals surface area contributed by atoms with E-state index in [4.69, 9.17) is 4.74 Å². The quantitative estimate of drug-likeness (QED) is 0.620. The number of hydrogen-bond acceptors (Lipinski definition) is 7. The fraction of sp³-hybridized carbons (Fsp3) is 0.421. The van der Waals surface area contributed by atoms with E-state index in [0.717, 1.165) is 13.1 Å². The number of para-hydroxylation sites is 1. The Bertz CT molecular complexity index is 1040. The second-order valence-corrected chi connectivity index (χ2v) is 9.28. The molecule has 2 amide bonds. The van der Waals surface area contributed by atoms with Gasteiger partial charge in [0.15, 0.2) is 9.84 Å². The maximum absolute atomic E-state index is 12.5. The number of morpholine rings is 1. The SMILES string of the molecule is O=C(NCCN1CCOCC1)C(=O)Nc1c2c(nn1-c1ccccc1)CS(=O)(=O)C2. The van der Waals surface area contributed by atoms with Crippen molar-refractivity contribution in [2.24, 2.45) is 0 Å². The van der Waals surface area contributed by atoms with E-state index in [1.807, 2.05) is 18.2 Å². The van der Waals surface area contributed by atoms with Crippen LogP contribution in [0.4, 0.5) is 5.82 Å². The van der Waals surface area contributed by atoms with Gasteiger partial charge in [0.1, 0.15) is 5.82 Å². The van der Waals surface area contributed by atoms with Crippen molar-refractivity contribution in [2.75, 3.05) is 44.7 Å². The molecule has 0 radical (unpaired) electrons. The minimum atomic E-state index is -3.31. The van der Waals surface area contributed by atoms with Crippen LogP contribution >= 0.6 is 0 Å². The number of fused-ring (bicyclic) bond motifs is 1. The zero-order valence-corrected chi connectivity index (χ0v) is 17.2. The third-order valence-electron chi connectivity index (χ3n) is 5.04. The Morgan fingerprint density at radius 1 is 1.07 bits per heavy atom. The molecule has 1 aromatic heterocycles. The van der Waals surface area contributed by atoms with E-state index in [0.29, 0.717) is 43.2 Å². The van der Waals surface area contributed by atoms with Crippen LogP contribution in [-0.4, -0.2) is 74.3 Å². The Labute approximate surface area is 174 Å². The molecule has 0 saturated carbocycles. The van der Waals surface area contributed by atoms with Gasteiger partial charge in [-0.05, 0) is 12.1 Å². The molecule has 0 unspecified atom stereocenters. The number of sulfone groups is 1. The van der Waals surface area contributed by atoms with Gasteiger partial charge >= 0.3 is 11.8 Å². The summed E-state index contributed by atoms with van der Waals surface area (Å²) in [6, 6.07) is 9.03. The van der Waals surface area contributed by atoms with Crippen molar-refractivity contribution in [3.8, 4) is 5.69 Å². The van der Waals surface area contributed by atoms with Gasteiger partial charge in [-0.1, -0.05) is 18.2 Å². The third-order valence-corrected chi connectivity index (χ3v) is 6.49. The Morgan fingerprint density at radius 2 is 1.80 bits per heavy atom. The standard InChI is InChI=1S/C19H23N5O5S/c25-18(20-6-7-23-8-10-29-11-9-23)19(26)21-17-15-12-30(27,28)13-16(15)22-24(17)14-4-2-1-3-5-14/h1-5H,6-13H2,(H,20,25)(H,21,26). The summed E-state index contributed by atoms with van der Waals surface area (Å²) in [7, 11) is -3.31. The molecule has 30 heavy (non-hydrogen) atoms. The lowest BCUT2D eigenvalue weighted by molar-refractivity contribution is -0.136. The average molecular weight is 433 g/mol. The summed E-state index contributed by atoms with van der Waals surface area (Å²) < 4.78 is 30.8. The summed E-state index contributed by atoms with van der Waals surface area (Å²) in [5, 5.41) is 9.54. The number of anilines is 1. The van der Waals surface area contributed by atoms with Crippen LogP contribution < -0.4 is 10.6 Å². The van der Waals surface area contributed by atoms with Gasteiger partial charge in [-0.25, -0.2) is 13.1 Å². The highest BCUT2D eigenvalue weighted by atomic mass is 32.2. The molecule has 160 valence electrons. The van der Waals surface area contributed by atoms with Crippen LogP contribution in [0.3, 0.4) is 0 Å². The smallest absolute Gasteiger partial charge is 0.314 e. The minimum absolute atomic E-state index is 0.184. The van der Waals surface area contributed by atoms with Crippen molar-refractivity contribution in [1.29, 1.82) is 0 Å². The molecule has 0 atom stereocenters. The molecule has 0 spiro atoms. The molecule has 1 aromatic carbocycles. The monoisotopic (exact) mass is 433 g/mol. The predicted molar refractivity (Wildman–Crippen MR) is 109 cm³/mol. The normalized spacial score (nSPS) is 18.0. The lowest BCUT2D eigenvalue weighted by Crippen LogP contribution is -2.43. The molecule has 11 heteroatoms. The first-order valence-corrected chi connectivity index (χ1v) is 11.5. The summed E-state index contributed by atoms with van der Waals surface area (Å²) in [4.78, 5) is 26.9. The minimum Gasteiger partial charge on any atom is -0.379 e. The highest BCUT2D eigenvalue weighted by Gasteiger charge is 2.33. The molecular formula is C19H23N5O5S. The highest BCUT2D eigenvalue weighted by molar-refractivity contribution is 7.90. The zero-order chi connectivity index (χ0) is 21.1. The first-order chi connectivity index (χ1) is 14.4. The van der Waals surface area contributed by atoms with Gasteiger partial charge in [-0.15, -0.1) is 0 Å². The number of rotatable bonds is 5. The van der Waals surface area contributed by atoms with Crippen molar-refractivity contribution >= 4 is 27.5 Å². The Kier molecular flexibility index (Phi) is 5.84. The maximum Gasteiger partial charge on any atom is 0.314 e. The van der Waals surface area contributed by atoms with E-state index in [1.165, 1.54) is 4.68 Å². The molecule has 0 aliphatic carbocycles. The van der Waals surface area contributed by atoms with Crippen molar-refractivity contribution in [2.45, 2.75) is 11.5 Å². The van der Waals surface area contributed by atoms with Crippen LogP contribution in [0, 0.1) is 0 Å². The van der Waals surface area contributed by atoms with Gasteiger partial charge in [0, 0.05) is 31.7 Å². The van der Waals surface area contributed by atoms with Gasteiger partial charge in [-0.3, -0.25) is 14.5 Å². The molecule has 2 N–H and O–H groups in total. The molecule has 10 nitrogen and oxygen atoms in total. The van der Waals surface area contributed by atoms with E-state index in [-0.39, 0.29) is 17.3 Å². The average Bonchev–Trinajstić information content (AvgIpc) is 3.21. The highest BCUT2D eigenvalue weighted by Crippen LogP contribution is 2.32. The number of carbonyl (C=O) groups excluding carboxylic acids is 2. The lowest BCUT2D eigenvalue weighted by Gasteiger charge is -2.26. The number of amides is 2. The molecule has 4 rings (SSSR count). The van der Waals surface area contributed by atoms with E-state index in [2.05, 4.69) is 20.6 Å². The van der Waals surface area contributed by atoms with Gasteiger partial charge in [0.2, 0.25) is 0 Å². The van der Waals surface area contributed by atoms with Gasteiger partial charge < -0.3 is 15.4 Å². The molecule has 2 aromatic rings. The van der Waals surface area contributed by atoms with Crippen LogP contribution in [-0.2, 0) is 35.7 Å². The fourth-order valence-electron chi connectivity index (χ4n) is 3.52. The van der Waals surface area contributed by atoms with Crippen molar-refractivity contribution in [1.82, 2.24) is 20.0 Å². The van der Waals surface area contributed by atoms with Crippen LogP contribution in [0.5, 0.6) is 0 Å². The van der Waals surface area contributed by atoms with Crippen LogP contribution in [0.15, 0.2) is 30.3 Å². The number of carbonyl (C=O) groups is 2. The summed E-state index contributed by atoms with van der Waals surface area (Å²) in [5.41, 5.74) is 1.47. The molecule has 2 aliphatic rings. The maximum atomic E-state index is 12.5. The van der Waals surface area contributed by atoms with Crippen LogP contribution in [0.25, 0.3) is 5.69 Å². The number of nitrogens with one attached hydrogen (secondary N) is 2. The van der Waals surface area contributed by atoms with E-state index in [9.17, 15) is 18.0 Å². The largest absolute Gasteiger partial charge is 0.379 e. The second kappa shape index (κ2) is 8.54. The van der Waals surface area contributed by atoms with E-state index in [1.54, 1.807) is 12.1 Å². The summed E-state index contributed by atoms with van der Waals surface area (Å²) >= 11 is 0. The molecule has 0 bridgehead atoms. The first kappa shape index (κ1) is 20.5. The number of nitrogens with zero attached hydrogens (tertiary/aromatic N) is 3. The zero-order valence-electron chi connectivity index (χ0n) is 16.3. The second-order valence-electron chi connectivity index (χ2n) is 7.22. The fourth-order valence-corrected chi connectivity index (χ4v) is 5.02. The van der Waals surface area contributed by atoms with Gasteiger partial charge in [0.25, 0.3) is 0 Å². The topological polar surface area (TPSA) is 123 Å². The van der Waals surface area contributed by atoms with Crippen molar-refractivity contribution in [3.63, 3.8) is 0 Å². The Hall–Kier alpha value is -2.76. The van der Waals surface area contributed by atoms with Gasteiger partial charge in [0.05, 0.1) is 36.1 Å². The predicted octanol–water partition coefficient (Wildman–Crippen LogP) is -0.312. The molecule has 1 fully saturated rings. The van der Waals surface area contributed by atoms with Crippen molar-refractivity contribution < 1.29 is 22.7 Å². The number of benzene rings is 1. The van der Waals surface area contributed by atoms with Crippen LogP contribution in [0.2, 0.25) is 0 Å². The summed E-state index contributed by atoms with van der Waals surface area (Å²) in [6.07, 6.45) is 0. The third kappa shape index (κ3) is 4.53. The number of aromatic nitrogens is 2. The summed E-state index contributed by atoms with van der Waals surface area (Å²) in [6.45, 7) is 3.85. The first-order valence-electron chi connectivity index (χ1n) is 9.69. The molecule has 2 aliphatic heterocycles. The van der Waals surface area contributed by atoms with Crippen molar-refractivity contribution in [3.05, 3.63) is 41.6 Å². The Balaban J connectivity index is 1.46.